The third-order valence-electron chi connectivity index (χ3n) is 0.865. The van der Waals surface area contributed by atoms with E-state index in [1.54, 1.807) is 7.11 Å². The Balaban J connectivity index is -0.0000000576. The van der Waals surface area contributed by atoms with Crippen LogP contribution in [0.4, 0.5) is 0 Å². The summed E-state index contributed by atoms with van der Waals surface area (Å²) in [5.74, 6) is 2.93. The Kier molecular flexibility index (Phi) is 39.8. The maximum absolute atomic E-state index is 8.14. The topological polar surface area (TPSA) is 29.5 Å². The smallest absolute Gasteiger partial charge is 0.0485 e. The van der Waals surface area contributed by atoms with Crippen LogP contribution in [0.2, 0.25) is 0 Å². The van der Waals surface area contributed by atoms with Gasteiger partial charge in [0, 0.05) is 20.3 Å². The average Bonchev–Trinajstić information content (AvgIpc) is 2.09. The van der Waals surface area contributed by atoms with Crippen molar-refractivity contribution in [3.63, 3.8) is 0 Å². The van der Waals surface area contributed by atoms with Gasteiger partial charge in [0.2, 0.25) is 0 Å². The molecule has 0 aromatic heterocycles. The maximum atomic E-state index is 8.14. The van der Waals surface area contributed by atoms with E-state index in [2.05, 4.69) is 29.8 Å². The molecule has 0 saturated carbocycles. The van der Waals surface area contributed by atoms with E-state index in [1.165, 1.54) is 0 Å². The van der Waals surface area contributed by atoms with Gasteiger partial charge < -0.3 is 9.84 Å². The molecule has 0 aliphatic carbocycles. The number of alkyl halides is 1. The van der Waals surface area contributed by atoms with Crippen LogP contribution in [-0.4, -0.2) is 31.3 Å². The second-order valence-electron chi connectivity index (χ2n) is 3.43. The van der Waals surface area contributed by atoms with Crippen LogP contribution in [0.3, 0.4) is 0 Å². The number of ether oxygens (including phenoxy) is 1. The Morgan fingerprint density at radius 3 is 1.36 bits per heavy atom. The summed E-state index contributed by atoms with van der Waals surface area (Å²) in [6.07, 6.45) is 0. The summed E-state index contributed by atoms with van der Waals surface area (Å²) in [4.78, 5) is 0. The zero-order valence-electron chi connectivity index (χ0n) is 9.80. The van der Waals surface area contributed by atoms with Crippen LogP contribution < -0.4 is 0 Å². The first-order chi connectivity index (χ1) is 6.04. The molecule has 0 aliphatic heterocycles. The molecule has 0 heterocycles. The minimum Gasteiger partial charge on any atom is -0.396 e. The fraction of sp³-hybridized carbons (Fsp3) is 1.00. The minimum absolute atomic E-state index is 0. The van der Waals surface area contributed by atoms with Gasteiger partial charge in [0.15, 0.2) is 0 Å². The van der Waals surface area contributed by atoms with Crippen LogP contribution >= 0.6 is 15.9 Å². The highest BCUT2D eigenvalue weighted by molar-refractivity contribution is 9.08. The lowest BCUT2D eigenvalue weighted by molar-refractivity contribution is 0.167. The molecular formula is C11H29BrO2. The summed E-state index contributed by atoms with van der Waals surface area (Å²) >= 11 is 2.94. The lowest BCUT2D eigenvalue weighted by Crippen LogP contribution is -1.96. The number of aliphatic hydroxyl groups excluding tert-OH is 1. The minimum atomic E-state index is 0. The Hall–Kier alpha value is 0.400. The van der Waals surface area contributed by atoms with Gasteiger partial charge in [-0.1, -0.05) is 51.1 Å². The van der Waals surface area contributed by atoms with E-state index in [1.807, 2.05) is 19.7 Å². The number of hydrogen-bond acceptors (Lipinski definition) is 2. The fourth-order valence-electron chi connectivity index (χ4n) is 0.333. The summed E-state index contributed by atoms with van der Waals surface area (Å²) in [6.45, 7) is 9.38. The lowest BCUT2D eigenvalue weighted by Gasteiger charge is -1.97. The molecule has 0 amide bonds. The van der Waals surface area contributed by atoms with E-state index in [4.69, 9.17) is 9.84 Å². The Morgan fingerprint density at radius 2 is 1.36 bits per heavy atom. The van der Waals surface area contributed by atoms with Gasteiger partial charge in [0.25, 0.3) is 0 Å². The predicted octanol–water partition coefficient (Wildman–Crippen LogP) is 3.57. The second-order valence-corrected chi connectivity index (χ2v) is 3.43. The van der Waals surface area contributed by atoms with Crippen LogP contribution in [0.1, 0.15) is 35.1 Å². The van der Waals surface area contributed by atoms with Crippen molar-refractivity contribution in [1.82, 2.24) is 0 Å². The lowest BCUT2D eigenvalue weighted by atomic mass is 10.2. The summed E-state index contributed by atoms with van der Waals surface area (Å²) in [5.41, 5.74) is 0. The number of rotatable bonds is 3. The van der Waals surface area contributed by atoms with Gasteiger partial charge in [-0.3, -0.25) is 0 Å². The molecule has 0 bridgehead atoms. The monoisotopic (exact) mass is 272 g/mol. The first kappa shape index (κ1) is 23.9. The van der Waals surface area contributed by atoms with Gasteiger partial charge >= 0.3 is 0 Å². The quantitative estimate of drug-likeness (QED) is 0.796. The predicted molar refractivity (Wildman–Crippen MR) is 70.2 cm³/mol. The first-order valence-corrected chi connectivity index (χ1v) is 6.10. The van der Waals surface area contributed by atoms with Crippen molar-refractivity contribution in [1.29, 1.82) is 0 Å². The molecule has 0 aliphatic rings. The van der Waals surface area contributed by atoms with Crippen LogP contribution in [0.25, 0.3) is 0 Å². The zero-order chi connectivity index (χ0) is 11.3. The van der Waals surface area contributed by atoms with E-state index in [0.29, 0.717) is 18.4 Å². The molecule has 2 nitrogen and oxygen atoms in total. The van der Waals surface area contributed by atoms with E-state index in [0.717, 1.165) is 6.61 Å². The molecular weight excluding hydrogens is 244 g/mol. The van der Waals surface area contributed by atoms with E-state index >= 15 is 0 Å². The number of halogens is 1. The molecule has 14 heavy (non-hydrogen) atoms. The molecule has 92 valence electrons. The SMILES string of the molecule is C.CBr.CC(C)CO.COCC(C)C. The normalized spacial score (nSPS) is 8.14. The number of hydrogen-bond donors (Lipinski definition) is 1. The van der Waals surface area contributed by atoms with E-state index in [9.17, 15) is 0 Å². The Bertz CT molecular complexity index is 66.3. The van der Waals surface area contributed by atoms with Crippen molar-refractivity contribution < 1.29 is 9.84 Å². The van der Waals surface area contributed by atoms with Crippen LogP contribution in [0.15, 0.2) is 0 Å². The van der Waals surface area contributed by atoms with Crippen molar-refractivity contribution in [2.75, 3.05) is 26.2 Å². The van der Waals surface area contributed by atoms with Crippen molar-refractivity contribution in [3.05, 3.63) is 0 Å². The van der Waals surface area contributed by atoms with Gasteiger partial charge in [0.05, 0.1) is 0 Å². The average molecular weight is 273 g/mol. The molecule has 0 atom stereocenters. The third-order valence-corrected chi connectivity index (χ3v) is 0.865. The molecule has 0 spiro atoms. The molecule has 0 saturated heterocycles. The van der Waals surface area contributed by atoms with Crippen molar-refractivity contribution >= 4 is 15.9 Å². The van der Waals surface area contributed by atoms with Gasteiger partial charge in [-0.25, -0.2) is 0 Å². The number of methoxy groups -OCH3 is 1. The summed E-state index contributed by atoms with van der Waals surface area (Å²) in [5, 5.41) is 8.14. The van der Waals surface area contributed by atoms with Crippen molar-refractivity contribution in [3.8, 4) is 0 Å². The Morgan fingerprint density at radius 1 is 1.07 bits per heavy atom. The second kappa shape index (κ2) is 23.3. The van der Waals surface area contributed by atoms with Gasteiger partial charge in [-0.2, -0.15) is 0 Å². The van der Waals surface area contributed by atoms with Gasteiger partial charge in [-0.15, -0.1) is 0 Å². The van der Waals surface area contributed by atoms with Crippen molar-refractivity contribution in [2.45, 2.75) is 35.1 Å². The molecule has 0 aromatic carbocycles. The molecule has 1 N–H and O–H groups in total. The first-order valence-electron chi connectivity index (χ1n) is 4.52. The molecule has 3 heteroatoms. The molecule has 0 unspecified atom stereocenters. The summed E-state index contributed by atoms with van der Waals surface area (Å²) in [6, 6.07) is 0. The largest absolute Gasteiger partial charge is 0.396 e. The fourth-order valence-corrected chi connectivity index (χ4v) is 0.333. The molecule has 0 rings (SSSR count). The van der Waals surface area contributed by atoms with Crippen LogP contribution in [-0.2, 0) is 4.74 Å². The van der Waals surface area contributed by atoms with Gasteiger partial charge in [-0.05, 0) is 17.7 Å². The maximum Gasteiger partial charge on any atom is 0.0485 e. The van der Waals surface area contributed by atoms with Gasteiger partial charge in [0.1, 0.15) is 0 Å². The van der Waals surface area contributed by atoms with Crippen molar-refractivity contribution in [2.24, 2.45) is 11.8 Å². The summed E-state index contributed by atoms with van der Waals surface area (Å²) < 4.78 is 4.80. The van der Waals surface area contributed by atoms with E-state index in [-0.39, 0.29) is 7.43 Å². The Labute approximate surface area is 99.2 Å². The van der Waals surface area contributed by atoms with E-state index < -0.39 is 0 Å². The zero-order valence-corrected chi connectivity index (χ0v) is 11.4. The standard InChI is InChI=1S/C5H12O.C4H10O.CH3Br.CH4/c1-5(2)4-6-3;1-4(2)3-5;1-2;/h5H,4H2,1-3H3;4-5H,3H2,1-2H3;1H3;1H4. The van der Waals surface area contributed by atoms with Crippen LogP contribution in [0.5, 0.6) is 0 Å². The molecule has 0 aromatic rings. The van der Waals surface area contributed by atoms with Crippen LogP contribution in [0, 0.1) is 11.8 Å². The number of aliphatic hydroxyl groups is 1. The molecule has 0 radical (unpaired) electrons. The summed E-state index contributed by atoms with van der Waals surface area (Å²) in [7, 11) is 1.72. The highest BCUT2D eigenvalue weighted by Gasteiger charge is 1.85. The molecule has 0 fully saturated rings. The highest BCUT2D eigenvalue weighted by Crippen LogP contribution is 1.88. The highest BCUT2D eigenvalue weighted by atomic mass is 79.9. The third kappa shape index (κ3) is 55.3.